The van der Waals surface area contributed by atoms with Crippen molar-refractivity contribution in [3.8, 4) is 0 Å². The average Bonchev–Trinajstić information content (AvgIpc) is 2.54. The summed E-state index contributed by atoms with van der Waals surface area (Å²) in [6.45, 7) is 3.03. The fourth-order valence-electron chi connectivity index (χ4n) is 2.80. The maximum Gasteiger partial charge on any atom is 0.407 e. The van der Waals surface area contributed by atoms with Crippen molar-refractivity contribution in [2.75, 3.05) is 38.7 Å². The number of ether oxygens (including phenoxy) is 1. The molecule has 24 heavy (non-hydrogen) atoms. The number of nitrogens with zero attached hydrogens (tertiary/aromatic N) is 2. The molecule has 0 aliphatic carbocycles. The van der Waals surface area contributed by atoms with Crippen LogP contribution in [0.1, 0.15) is 30.1 Å². The third-order valence-electron chi connectivity index (χ3n) is 3.98. The van der Waals surface area contributed by atoms with Crippen LogP contribution in [0.4, 0.5) is 14.9 Å². The fourth-order valence-corrected chi connectivity index (χ4v) is 2.80. The molecule has 0 radical (unpaired) electrons. The lowest BCUT2D eigenvalue weighted by atomic mass is 10.0. The monoisotopic (exact) mass is 337 g/mol. The molecule has 1 aliphatic rings. The van der Waals surface area contributed by atoms with E-state index in [0.29, 0.717) is 30.9 Å². The molecule has 6 nitrogen and oxygen atoms in total. The standard InChI is InChI=1S/C17H24FN3O3/c1-4-24-17(23)19-13-6-5-9-21(11-13)16(22)12-7-8-15(20(2)3)14(18)10-12/h7-8,10,13H,4-6,9,11H2,1-3H3,(H,19,23). The third-order valence-corrected chi connectivity index (χ3v) is 3.98. The smallest absolute Gasteiger partial charge is 0.407 e. The average molecular weight is 337 g/mol. The topological polar surface area (TPSA) is 61.9 Å². The molecule has 1 atom stereocenters. The number of anilines is 1. The second-order valence-electron chi connectivity index (χ2n) is 6.02. The van der Waals surface area contributed by atoms with E-state index in [1.807, 2.05) is 0 Å². The van der Waals surface area contributed by atoms with Gasteiger partial charge in [0.1, 0.15) is 5.82 Å². The Balaban J connectivity index is 2.03. The quantitative estimate of drug-likeness (QED) is 0.915. The number of amides is 2. The van der Waals surface area contributed by atoms with E-state index >= 15 is 0 Å². The minimum absolute atomic E-state index is 0.146. The van der Waals surface area contributed by atoms with Crippen LogP contribution in [0.25, 0.3) is 0 Å². The Labute approximate surface area is 141 Å². The summed E-state index contributed by atoms with van der Waals surface area (Å²) in [6.07, 6.45) is 1.09. The van der Waals surface area contributed by atoms with E-state index in [1.54, 1.807) is 43.0 Å². The Kier molecular flexibility index (Phi) is 6.00. The highest BCUT2D eigenvalue weighted by Crippen LogP contribution is 2.20. The predicted octanol–water partition coefficient (Wildman–Crippen LogP) is 2.24. The second-order valence-corrected chi connectivity index (χ2v) is 6.02. The Bertz CT molecular complexity index is 607. The number of nitrogens with one attached hydrogen (secondary N) is 1. The lowest BCUT2D eigenvalue weighted by Crippen LogP contribution is -2.49. The number of benzene rings is 1. The molecule has 1 aliphatic heterocycles. The molecular weight excluding hydrogens is 313 g/mol. The summed E-state index contributed by atoms with van der Waals surface area (Å²) in [6, 6.07) is 4.34. The number of halogens is 1. The summed E-state index contributed by atoms with van der Waals surface area (Å²) in [5.74, 6) is -0.654. The summed E-state index contributed by atoms with van der Waals surface area (Å²) in [5, 5.41) is 2.76. The van der Waals surface area contributed by atoms with Crippen LogP contribution in [0, 0.1) is 5.82 Å². The molecule has 1 aromatic carbocycles. The molecule has 1 saturated heterocycles. The van der Waals surface area contributed by atoms with Gasteiger partial charge in [-0.05, 0) is 38.0 Å². The van der Waals surface area contributed by atoms with Gasteiger partial charge < -0.3 is 19.9 Å². The van der Waals surface area contributed by atoms with Gasteiger partial charge in [-0.1, -0.05) is 0 Å². The number of hydrogen-bond donors (Lipinski definition) is 1. The normalized spacial score (nSPS) is 17.3. The van der Waals surface area contributed by atoms with E-state index in [4.69, 9.17) is 4.74 Å². The molecule has 1 fully saturated rings. The van der Waals surface area contributed by atoms with Crippen molar-refractivity contribution in [1.29, 1.82) is 0 Å². The van der Waals surface area contributed by atoms with Gasteiger partial charge in [0.15, 0.2) is 0 Å². The maximum atomic E-state index is 14.1. The Morgan fingerprint density at radius 2 is 2.17 bits per heavy atom. The summed E-state index contributed by atoms with van der Waals surface area (Å²) in [4.78, 5) is 27.4. The lowest BCUT2D eigenvalue weighted by molar-refractivity contribution is 0.0685. The molecular formula is C17H24FN3O3. The molecule has 1 aromatic rings. The molecule has 1 N–H and O–H groups in total. The fraction of sp³-hybridized carbons (Fsp3) is 0.529. The molecule has 0 saturated carbocycles. The van der Waals surface area contributed by atoms with E-state index in [0.717, 1.165) is 12.8 Å². The van der Waals surface area contributed by atoms with Gasteiger partial charge in [0.25, 0.3) is 5.91 Å². The first kappa shape index (κ1) is 18.0. The molecule has 1 heterocycles. The number of likely N-dealkylation sites (tertiary alicyclic amines) is 1. The molecule has 132 valence electrons. The summed E-state index contributed by atoms with van der Waals surface area (Å²) in [5.41, 5.74) is 0.752. The van der Waals surface area contributed by atoms with E-state index in [9.17, 15) is 14.0 Å². The SMILES string of the molecule is CCOC(=O)NC1CCCN(C(=O)c2ccc(N(C)C)c(F)c2)C1. The Morgan fingerprint density at radius 1 is 1.42 bits per heavy atom. The van der Waals surface area contributed by atoms with Gasteiger partial charge in [0.2, 0.25) is 0 Å². The predicted molar refractivity (Wildman–Crippen MR) is 89.8 cm³/mol. The van der Waals surface area contributed by atoms with Crippen molar-refractivity contribution in [1.82, 2.24) is 10.2 Å². The van der Waals surface area contributed by atoms with Crippen molar-refractivity contribution in [2.45, 2.75) is 25.8 Å². The number of carbonyl (C=O) groups excluding carboxylic acids is 2. The molecule has 2 rings (SSSR count). The Morgan fingerprint density at radius 3 is 2.79 bits per heavy atom. The van der Waals surface area contributed by atoms with Crippen molar-refractivity contribution >= 4 is 17.7 Å². The molecule has 1 unspecified atom stereocenters. The van der Waals surface area contributed by atoms with Gasteiger partial charge in [0, 0.05) is 38.8 Å². The molecule has 2 amide bonds. The molecule has 0 spiro atoms. The van der Waals surface area contributed by atoms with Crippen LogP contribution in [-0.2, 0) is 4.74 Å². The van der Waals surface area contributed by atoms with Gasteiger partial charge in [-0.2, -0.15) is 0 Å². The van der Waals surface area contributed by atoms with Crippen LogP contribution in [0.2, 0.25) is 0 Å². The third kappa shape index (κ3) is 4.37. The van der Waals surface area contributed by atoms with Crippen molar-refractivity contribution in [3.63, 3.8) is 0 Å². The second kappa shape index (κ2) is 7.99. The number of carbonyl (C=O) groups is 2. The van der Waals surface area contributed by atoms with Crippen LogP contribution in [0.3, 0.4) is 0 Å². The Hall–Kier alpha value is -2.31. The highest BCUT2D eigenvalue weighted by Gasteiger charge is 2.26. The van der Waals surface area contributed by atoms with Crippen LogP contribution < -0.4 is 10.2 Å². The van der Waals surface area contributed by atoms with Gasteiger partial charge >= 0.3 is 6.09 Å². The summed E-state index contributed by atoms with van der Waals surface area (Å²) < 4.78 is 18.9. The number of hydrogen-bond acceptors (Lipinski definition) is 4. The van der Waals surface area contributed by atoms with Crippen molar-refractivity contribution in [2.24, 2.45) is 0 Å². The van der Waals surface area contributed by atoms with Gasteiger partial charge in [-0.15, -0.1) is 0 Å². The molecule has 7 heteroatoms. The lowest BCUT2D eigenvalue weighted by Gasteiger charge is -2.33. The largest absolute Gasteiger partial charge is 0.450 e. The number of rotatable bonds is 4. The van der Waals surface area contributed by atoms with E-state index in [1.165, 1.54) is 6.07 Å². The van der Waals surface area contributed by atoms with Crippen LogP contribution in [0.5, 0.6) is 0 Å². The van der Waals surface area contributed by atoms with Crippen LogP contribution >= 0.6 is 0 Å². The summed E-state index contributed by atoms with van der Waals surface area (Å²) in [7, 11) is 3.49. The highest BCUT2D eigenvalue weighted by atomic mass is 19.1. The first-order valence-electron chi connectivity index (χ1n) is 8.11. The van der Waals surface area contributed by atoms with Crippen molar-refractivity contribution in [3.05, 3.63) is 29.6 Å². The van der Waals surface area contributed by atoms with Gasteiger partial charge in [-0.25, -0.2) is 9.18 Å². The van der Waals surface area contributed by atoms with Crippen molar-refractivity contribution < 1.29 is 18.7 Å². The molecule has 0 bridgehead atoms. The zero-order chi connectivity index (χ0) is 17.7. The zero-order valence-corrected chi connectivity index (χ0v) is 14.3. The molecule has 0 aromatic heterocycles. The van der Waals surface area contributed by atoms with Gasteiger partial charge in [-0.3, -0.25) is 4.79 Å². The zero-order valence-electron chi connectivity index (χ0n) is 14.3. The van der Waals surface area contributed by atoms with E-state index < -0.39 is 11.9 Å². The highest BCUT2D eigenvalue weighted by molar-refractivity contribution is 5.94. The van der Waals surface area contributed by atoms with Gasteiger partial charge in [0.05, 0.1) is 12.3 Å². The first-order valence-corrected chi connectivity index (χ1v) is 8.11. The number of alkyl carbamates (subject to hydrolysis) is 1. The minimum Gasteiger partial charge on any atom is -0.450 e. The maximum absolute atomic E-state index is 14.1. The summed E-state index contributed by atoms with van der Waals surface area (Å²) >= 11 is 0. The van der Waals surface area contributed by atoms with Crippen LogP contribution in [0.15, 0.2) is 18.2 Å². The van der Waals surface area contributed by atoms with Crippen LogP contribution in [-0.4, -0.2) is 56.7 Å². The first-order chi connectivity index (χ1) is 11.4. The van der Waals surface area contributed by atoms with E-state index in [-0.39, 0.29) is 11.9 Å². The number of piperidine rings is 1. The minimum atomic E-state index is -0.474. The van der Waals surface area contributed by atoms with E-state index in [2.05, 4.69) is 5.32 Å².